The van der Waals surface area contributed by atoms with E-state index >= 15 is 0 Å². The number of aliphatic carboxylic acids is 1. The molecule has 0 heterocycles. The van der Waals surface area contributed by atoms with Crippen LogP contribution in [0.1, 0.15) is 5.56 Å². The summed E-state index contributed by atoms with van der Waals surface area (Å²) >= 11 is 0. The molecule has 0 aliphatic carbocycles. The largest absolute Gasteiger partial charge is 0.484 e. The van der Waals surface area contributed by atoms with Crippen LogP contribution in [-0.2, 0) is 16.0 Å². The zero-order chi connectivity index (χ0) is 13.4. The van der Waals surface area contributed by atoms with Gasteiger partial charge in [0, 0.05) is 0 Å². The summed E-state index contributed by atoms with van der Waals surface area (Å²) in [6.07, 6.45) is 4.91. The first-order valence-electron chi connectivity index (χ1n) is 5.25. The van der Waals surface area contributed by atoms with Gasteiger partial charge in [-0.05, 0) is 17.7 Å². The highest BCUT2D eigenvalue weighted by Gasteiger charge is 2.04. The molecule has 0 fully saturated rings. The highest BCUT2D eigenvalue weighted by Crippen LogP contribution is 2.13. The third kappa shape index (κ3) is 5.03. The van der Waals surface area contributed by atoms with E-state index in [1.54, 1.807) is 24.3 Å². The number of amides is 1. The molecule has 0 bridgehead atoms. The lowest BCUT2D eigenvalue weighted by molar-refractivity contribution is -0.136. The second-order valence-corrected chi connectivity index (χ2v) is 3.49. The number of nitrogens with one attached hydrogen (secondary N) is 1. The first-order valence-corrected chi connectivity index (χ1v) is 5.25. The number of carboxylic acid groups (broad SMARTS) is 1. The van der Waals surface area contributed by atoms with Gasteiger partial charge < -0.3 is 15.2 Å². The predicted octanol–water partition coefficient (Wildman–Crippen LogP) is 0.442. The van der Waals surface area contributed by atoms with Crippen LogP contribution in [0.2, 0.25) is 0 Å². The Balaban J connectivity index is 2.50. The fraction of sp³-hybridized carbons (Fsp3) is 0.231. The number of hydrogen-bond donors (Lipinski definition) is 2. The van der Waals surface area contributed by atoms with Gasteiger partial charge in [-0.2, -0.15) is 0 Å². The van der Waals surface area contributed by atoms with Crippen molar-refractivity contribution in [3.8, 4) is 18.1 Å². The van der Waals surface area contributed by atoms with Crippen molar-refractivity contribution in [3.05, 3.63) is 29.8 Å². The van der Waals surface area contributed by atoms with E-state index in [0.29, 0.717) is 11.3 Å². The standard InChI is InChI=1S/C13H13NO4/c1-2-6-14-12(15)9-18-11-5-3-4-10(7-11)8-13(16)17/h1,3-5,7H,6,8-9H2,(H,14,15)(H,16,17). The molecule has 0 unspecified atom stereocenters. The van der Waals surface area contributed by atoms with Crippen LogP contribution in [0.25, 0.3) is 0 Å². The Morgan fingerprint density at radius 1 is 1.44 bits per heavy atom. The molecule has 5 nitrogen and oxygen atoms in total. The zero-order valence-corrected chi connectivity index (χ0v) is 9.68. The summed E-state index contributed by atoms with van der Waals surface area (Å²) < 4.78 is 5.21. The number of hydrogen-bond acceptors (Lipinski definition) is 3. The summed E-state index contributed by atoms with van der Waals surface area (Å²) in [5.41, 5.74) is 0.615. The molecule has 94 valence electrons. The lowest BCUT2D eigenvalue weighted by Gasteiger charge is -2.07. The molecule has 18 heavy (non-hydrogen) atoms. The van der Waals surface area contributed by atoms with Crippen LogP contribution in [0.15, 0.2) is 24.3 Å². The Hall–Kier alpha value is -2.48. The molecule has 2 N–H and O–H groups in total. The number of carbonyl (C=O) groups is 2. The lowest BCUT2D eigenvalue weighted by atomic mass is 10.1. The van der Waals surface area contributed by atoms with Gasteiger partial charge in [-0.15, -0.1) is 6.42 Å². The predicted molar refractivity (Wildman–Crippen MR) is 65.1 cm³/mol. The van der Waals surface area contributed by atoms with E-state index in [1.165, 1.54) is 0 Å². The summed E-state index contributed by atoms with van der Waals surface area (Å²) in [5.74, 6) is 1.48. The van der Waals surface area contributed by atoms with Gasteiger partial charge >= 0.3 is 5.97 Å². The maximum Gasteiger partial charge on any atom is 0.307 e. The minimum Gasteiger partial charge on any atom is -0.484 e. The molecule has 0 saturated heterocycles. The number of carboxylic acids is 1. The first-order chi connectivity index (χ1) is 8.61. The molecule has 5 heteroatoms. The third-order valence-corrected chi connectivity index (χ3v) is 2.01. The molecule has 1 aromatic rings. The molecule has 0 aliphatic heterocycles. The van der Waals surface area contributed by atoms with Gasteiger partial charge in [0.05, 0.1) is 13.0 Å². The number of terminal acetylenes is 1. The smallest absolute Gasteiger partial charge is 0.307 e. The fourth-order valence-corrected chi connectivity index (χ4v) is 1.27. The summed E-state index contributed by atoms with van der Waals surface area (Å²) in [5, 5.41) is 11.1. The van der Waals surface area contributed by atoms with Crippen molar-refractivity contribution in [2.75, 3.05) is 13.2 Å². The lowest BCUT2D eigenvalue weighted by Crippen LogP contribution is -2.29. The highest BCUT2D eigenvalue weighted by atomic mass is 16.5. The third-order valence-electron chi connectivity index (χ3n) is 2.01. The Morgan fingerprint density at radius 3 is 2.89 bits per heavy atom. The van der Waals surface area contributed by atoms with E-state index in [2.05, 4.69) is 11.2 Å². The van der Waals surface area contributed by atoms with Gasteiger partial charge in [0.2, 0.25) is 0 Å². The van der Waals surface area contributed by atoms with Gasteiger partial charge in [-0.1, -0.05) is 18.1 Å². The van der Waals surface area contributed by atoms with E-state index < -0.39 is 5.97 Å². The Kier molecular flexibility index (Phi) is 5.26. The molecule has 0 saturated carbocycles. The molecule has 0 aromatic heterocycles. The van der Waals surface area contributed by atoms with Gasteiger partial charge in [0.15, 0.2) is 6.61 Å². The number of benzene rings is 1. The number of rotatable bonds is 6. The summed E-state index contributed by atoms with van der Waals surface area (Å²) in [4.78, 5) is 21.8. The van der Waals surface area contributed by atoms with E-state index in [1.807, 2.05) is 0 Å². The van der Waals surface area contributed by atoms with Crippen molar-refractivity contribution >= 4 is 11.9 Å². The van der Waals surface area contributed by atoms with E-state index in [9.17, 15) is 9.59 Å². The summed E-state index contributed by atoms with van der Waals surface area (Å²) in [6, 6.07) is 6.59. The first kappa shape index (κ1) is 13.6. The van der Waals surface area contributed by atoms with Gasteiger partial charge in [-0.3, -0.25) is 9.59 Å². The molecule has 0 spiro atoms. The molecule has 1 amide bonds. The number of carbonyl (C=O) groups excluding carboxylic acids is 1. The maximum atomic E-state index is 11.2. The molecular weight excluding hydrogens is 234 g/mol. The highest BCUT2D eigenvalue weighted by molar-refractivity contribution is 5.77. The second-order valence-electron chi connectivity index (χ2n) is 3.49. The fourth-order valence-electron chi connectivity index (χ4n) is 1.27. The van der Waals surface area contributed by atoms with E-state index in [-0.39, 0.29) is 25.5 Å². The van der Waals surface area contributed by atoms with Crippen molar-refractivity contribution in [3.63, 3.8) is 0 Å². The Morgan fingerprint density at radius 2 is 2.22 bits per heavy atom. The topological polar surface area (TPSA) is 75.6 Å². The SMILES string of the molecule is C#CCNC(=O)COc1cccc(CC(=O)O)c1. The molecule has 0 aliphatic rings. The number of ether oxygens (including phenoxy) is 1. The van der Waals surface area contributed by atoms with Crippen LogP contribution >= 0.6 is 0 Å². The van der Waals surface area contributed by atoms with Crippen molar-refractivity contribution in [1.82, 2.24) is 5.32 Å². The minimum absolute atomic E-state index is 0.0828. The normalized spacial score (nSPS) is 9.28. The van der Waals surface area contributed by atoms with Gasteiger partial charge in [-0.25, -0.2) is 0 Å². The van der Waals surface area contributed by atoms with Crippen LogP contribution < -0.4 is 10.1 Å². The second kappa shape index (κ2) is 6.97. The van der Waals surface area contributed by atoms with Crippen molar-refractivity contribution in [1.29, 1.82) is 0 Å². The molecule has 1 rings (SSSR count). The Labute approximate surface area is 105 Å². The minimum atomic E-state index is -0.918. The summed E-state index contributed by atoms with van der Waals surface area (Å²) in [7, 11) is 0. The average molecular weight is 247 g/mol. The quantitative estimate of drug-likeness (QED) is 0.715. The van der Waals surface area contributed by atoms with Gasteiger partial charge in [0.1, 0.15) is 5.75 Å². The Bertz CT molecular complexity index is 476. The average Bonchev–Trinajstić information content (AvgIpc) is 2.33. The van der Waals surface area contributed by atoms with Crippen molar-refractivity contribution in [2.24, 2.45) is 0 Å². The molecule has 0 radical (unpaired) electrons. The van der Waals surface area contributed by atoms with Crippen molar-refractivity contribution < 1.29 is 19.4 Å². The molecule has 0 atom stereocenters. The van der Waals surface area contributed by atoms with Crippen LogP contribution in [-0.4, -0.2) is 30.1 Å². The molecular formula is C13H13NO4. The van der Waals surface area contributed by atoms with Crippen LogP contribution in [0.5, 0.6) is 5.75 Å². The van der Waals surface area contributed by atoms with Crippen LogP contribution in [0.4, 0.5) is 0 Å². The van der Waals surface area contributed by atoms with Crippen molar-refractivity contribution in [2.45, 2.75) is 6.42 Å². The monoisotopic (exact) mass is 247 g/mol. The van der Waals surface area contributed by atoms with E-state index in [0.717, 1.165) is 0 Å². The van der Waals surface area contributed by atoms with E-state index in [4.69, 9.17) is 16.3 Å². The summed E-state index contributed by atoms with van der Waals surface area (Å²) in [6.45, 7) is -0.000544. The van der Waals surface area contributed by atoms with Gasteiger partial charge in [0.25, 0.3) is 5.91 Å². The van der Waals surface area contributed by atoms with Crippen LogP contribution in [0, 0.1) is 12.3 Å². The van der Waals surface area contributed by atoms with Crippen LogP contribution in [0.3, 0.4) is 0 Å². The zero-order valence-electron chi connectivity index (χ0n) is 9.68. The maximum absolute atomic E-state index is 11.2. The molecule has 1 aromatic carbocycles.